The third kappa shape index (κ3) is 7.07. The van der Waals surface area contributed by atoms with Gasteiger partial charge in [0.05, 0.1) is 28.4 Å². The van der Waals surface area contributed by atoms with Crippen molar-refractivity contribution in [1.29, 1.82) is 0 Å². The average molecular weight is 653 g/mol. The molecule has 2 aliphatic rings. The standard InChI is InChI=1S/C35H36N6O5S/c1-36-32(42)27-8-2-3-10-31(27)47-25-16-17-26-28(18-15-23-7-4-5-19-37-23)39-41(30(26)21-25)35(46)40-20-6-9-29(40)33(43)38-24-13-11-22(12-14-24)34(44)45/h2-5,7-8,10,15-19,21-22,24,29H,6,9,11-14,20H2,1H3,(H,36,42)(H,38,43)(H,44,45)/b18-15+/t22-,24-,29-/m0/s1. The van der Waals surface area contributed by atoms with Crippen molar-refractivity contribution < 1.29 is 24.3 Å². The van der Waals surface area contributed by atoms with Crippen LogP contribution >= 0.6 is 11.8 Å². The molecule has 1 saturated carbocycles. The molecule has 0 radical (unpaired) electrons. The summed E-state index contributed by atoms with van der Waals surface area (Å²) in [7, 11) is 1.59. The number of carbonyl (C=O) groups is 4. The molecular weight excluding hydrogens is 616 g/mol. The minimum atomic E-state index is -0.791. The van der Waals surface area contributed by atoms with Crippen molar-refractivity contribution in [3.05, 3.63) is 83.8 Å². The van der Waals surface area contributed by atoms with E-state index in [0.29, 0.717) is 61.8 Å². The van der Waals surface area contributed by atoms with Crippen LogP contribution in [0.15, 0.2) is 76.7 Å². The van der Waals surface area contributed by atoms with Crippen LogP contribution in [0.2, 0.25) is 0 Å². The first kappa shape index (κ1) is 32.0. The minimum absolute atomic E-state index is 0.109. The Hall–Kier alpha value is -4.97. The van der Waals surface area contributed by atoms with Gasteiger partial charge in [-0.05, 0) is 93.1 Å². The number of aliphatic carboxylic acids is 1. The van der Waals surface area contributed by atoms with E-state index in [2.05, 4.69) is 15.6 Å². The van der Waals surface area contributed by atoms with E-state index in [9.17, 15) is 24.3 Å². The molecule has 2 aromatic heterocycles. The van der Waals surface area contributed by atoms with Crippen molar-refractivity contribution in [2.45, 2.75) is 60.4 Å². The normalized spacial score (nSPS) is 19.6. The number of carbonyl (C=O) groups excluding carboxylic acids is 3. The zero-order chi connectivity index (χ0) is 32.9. The molecule has 2 aromatic carbocycles. The number of fused-ring (bicyclic) bond motifs is 1. The minimum Gasteiger partial charge on any atom is -0.481 e. The Morgan fingerprint density at radius 1 is 0.957 bits per heavy atom. The Morgan fingerprint density at radius 2 is 1.74 bits per heavy atom. The van der Waals surface area contributed by atoms with Crippen LogP contribution in [0.3, 0.4) is 0 Å². The summed E-state index contributed by atoms with van der Waals surface area (Å²) in [4.78, 5) is 59.1. The molecule has 242 valence electrons. The van der Waals surface area contributed by atoms with Gasteiger partial charge in [0, 0.05) is 41.0 Å². The van der Waals surface area contributed by atoms with Crippen molar-refractivity contribution in [3.8, 4) is 0 Å². The number of likely N-dealkylation sites (tertiary alicyclic amines) is 1. The van der Waals surface area contributed by atoms with Gasteiger partial charge in [-0.15, -0.1) is 0 Å². The molecule has 1 saturated heterocycles. The second-order valence-corrected chi connectivity index (χ2v) is 12.9. The number of carboxylic acid groups (broad SMARTS) is 1. The van der Waals surface area contributed by atoms with Crippen LogP contribution in [-0.4, -0.2) is 74.3 Å². The van der Waals surface area contributed by atoms with Crippen molar-refractivity contribution in [1.82, 2.24) is 30.3 Å². The van der Waals surface area contributed by atoms with E-state index in [1.54, 1.807) is 24.2 Å². The second-order valence-electron chi connectivity index (χ2n) is 11.8. The van der Waals surface area contributed by atoms with Crippen molar-refractivity contribution >= 4 is 58.6 Å². The number of amides is 3. The van der Waals surface area contributed by atoms with E-state index in [1.165, 1.54) is 16.4 Å². The largest absolute Gasteiger partial charge is 0.481 e. The molecule has 6 rings (SSSR count). The highest BCUT2D eigenvalue weighted by molar-refractivity contribution is 7.99. The predicted molar refractivity (Wildman–Crippen MR) is 179 cm³/mol. The summed E-state index contributed by atoms with van der Waals surface area (Å²) >= 11 is 1.42. The molecule has 11 nitrogen and oxygen atoms in total. The number of pyridine rings is 1. The number of nitrogens with zero attached hydrogens (tertiary/aromatic N) is 4. The highest BCUT2D eigenvalue weighted by Crippen LogP contribution is 2.34. The lowest BCUT2D eigenvalue weighted by atomic mass is 9.86. The van der Waals surface area contributed by atoms with Gasteiger partial charge >= 0.3 is 12.0 Å². The fraction of sp³-hybridized carbons (Fsp3) is 0.314. The zero-order valence-electron chi connectivity index (χ0n) is 26.0. The fourth-order valence-electron chi connectivity index (χ4n) is 6.27. The number of hydrogen-bond donors (Lipinski definition) is 3. The van der Waals surface area contributed by atoms with Gasteiger partial charge in [0.1, 0.15) is 6.04 Å². The highest BCUT2D eigenvalue weighted by atomic mass is 32.2. The molecule has 12 heteroatoms. The van der Waals surface area contributed by atoms with Crippen LogP contribution < -0.4 is 10.6 Å². The Kier molecular flexibility index (Phi) is 9.67. The third-order valence-electron chi connectivity index (χ3n) is 8.77. The first-order valence-electron chi connectivity index (χ1n) is 15.8. The van der Waals surface area contributed by atoms with Gasteiger partial charge in [-0.2, -0.15) is 9.78 Å². The first-order valence-corrected chi connectivity index (χ1v) is 16.6. The van der Waals surface area contributed by atoms with Crippen LogP contribution in [0.25, 0.3) is 23.1 Å². The van der Waals surface area contributed by atoms with Gasteiger partial charge in [-0.3, -0.25) is 19.4 Å². The van der Waals surface area contributed by atoms with Crippen LogP contribution in [-0.2, 0) is 9.59 Å². The maximum Gasteiger partial charge on any atom is 0.345 e. The van der Waals surface area contributed by atoms with E-state index in [1.807, 2.05) is 66.7 Å². The first-order chi connectivity index (χ1) is 22.8. The van der Waals surface area contributed by atoms with Crippen LogP contribution in [0.4, 0.5) is 4.79 Å². The Labute approximate surface area is 276 Å². The summed E-state index contributed by atoms with van der Waals surface area (Å²) in [5.74, 6) is -1.57. The molecule has 1 atom stereocenters. The quantitative estimate of drug-likeness (QED) is 0.232. The molecular formula is C35H36N6O5S. The Morgan fingerprint density at radius 3 is 2.49 bits per heavy atom. The second kappa shape index (κ2) is 14.2. The topological polar surface area (TPSA) is 147 Å². The maximum absolute atomic E-state index is 14.2. The van der Waals surface area contributed by atoms with Crippen LogP contribution in [0.1, 0.15) is 60.3 Å². The van der Waals surface area contributed by atoms with Gasteiger partial charge in [0.2, 0.25) is 5.91 Å². The zero-order valence-corrected chi connectivity index (χ0v) is 26.8. The van der Waals surface area contributed by atoms with Crippen molar-refractivity contribution in [2.75, 3.05) is 13.6 Å². The highest BCUT2D eigenvalue weighted by Gasteiger charge is 2.37. The summed E-state index contributed by atoms with van der Waals surface area (Å²) < 4.78 is 1.37. The summed E-state index contributed by atoms with van der Waals surface area (Å²) in [5.41, 5.74) is 2.45. The monoisotopic (exact) mass is 652 g/mol. The summed E-state index contributed by atoms with van der Waals surface area (Å²) in [6.07, 6.45) is 8.82. The molecule has 3 amide bonds. The Bertz CT molecular complexity index is 1830. The Balaban J connectivity index is 1.30. The summed E-state index contributed by atoms with van der Waals surface area (Å²) in [5, 5.41) is 20.6. The molecule has 0 bridgehead atoms. The smallest absolute Gasteiger partial charge is 0.345 e. The number of aromatic nitrogens is 3. The molecule has 0 unspecified atom stereocenters. The number of rotatable bonds is 8. The molecule has 3 heterocycles. The van der Waals surface area contributed by atoms with Crippen molar-refractivity contribution in [2.24, 2.45) is 5.92 Å². The summed E-state index contributed by atoms with van der Waals surface area (Å²) in [6.45, 7) is 0.414. The van der Waals surface area contributed by atoms with Crippen molar-refractivity contribution in [3.63, 3.8) is 0 Å². The molecule has 2 fully saturated rings. The predicted octanol–water partition coefficient (Wildman–Crippen LogP) is 5.30. The van der Waals surface area contributed by atoms with Gasteiger partial charge in [0.25, 0.3) is 5.91 Å². The van der Waals surface area contributed by atoms with E-state index >= 15 is 0 Å². The van der Waals surface area contributed by atoms with Gasteiger partial charge in [0.15, 0.2) is 0 Å². The van der Waals surface area contributed by atoms with Crippen LogP contribution in [0, 0.1) is 5.92 Å². The number of benzene rings is 2. The maximum atomic E-state index is 14.2. The number of carboxylic acids is 1. The average Bonchev–Trinajstić information content (AvgIpc) is 3.73. The SMILES string of the molecule is CNC(=O)c1ccccc1Sc1ccc2c(/C=C/c3ccccn3)nn(C(=O)N3CCC[C@H]3C(=O)N[C@H]3CC[C@H](C(=O)O)CC3)c2c1. The number of hydrogen-bond acceptors (Lipinski definition) is 7. The third-order valence-corrected chi connectivity index (χ3v) is 9.84. The lowest BCUT2D eigenvalue weighted by Gasteiger charge is -2.30. The molecule has 0 spiro atoms. The van der Waals surface area contributed by atoms with E-state index in [-0.39, 0.29) is 23.8 Å². The number of nitrogens with one attached hydrogen (secondary N) is 2. The molecule has 47 heavy (non-hydrogen) atoms. The summed E-state index contributed by atoms with van der Waals surface area (Å²) in [6, 6.07) is 17.5. The fourth-order valence-corrected chi connectivity index (χ4v) is 7.24. The molecule has 1 aliphatic heterocycles. The van der Waals surface area contributed by atoms with Gasteiger partial charge < -0.3 is 20.6 Å². The van der Waals surface area contributed by atoms with Gasteiger partial charge in [-0.1, -0.05) is 30.0 Å². The molecule has 3 N–H and O–H groups in total. The molecule has 1 aliphatic carbocycles. The lowest BCUT2D eigenvalue weighted by Crippen LogP contribution is -2.50. The van der Waals surface area contributed by atoms with Crippen LogP contribution in [0.5, 0.6) is 0 Å². The van der Waals surface area contributed by atoms with E-state index in [0.717, 1.165) is 20.9 Å². The lowest BCUT2D eigenvalue weighted by molar-refractivity contribution is -0.142. The van der Waals surface area contributed by atoms with E-state index < -0.39 is 18.0 Å². The molecule has 4 aromatic rings. The van der Waals surface area contributed by atoms with E-state index in [4.69, 9.17) is 5.10 Å². The van der Waals surface area contributed by atoms with Gasteiger partial charge in [-0.25, -0.2) is 4.79 Å².